The van der Waals surface area contributed by atoms with Crippen molar-refractivity contribution in [3.63, 3.8) is 0 Å². The highest BCUT2D eigenvalue weighted by atomic mass is 35.5. The molecule has 0 aliphatic heterocycles. The fourth-order valence-electron chi connectivity index (χ4n) is 1.72. The molecule has 1 aromatic carbocycles. The van der Waals surface area contributed by atoms with Gasteiger partial charge in [-0.2, -0.15) is 0 Å². The van der Waals surface area contributed by atoms with Gasteiger partial charge in [0.05, 0.1) is 9.72 Å². The van der Waals surface area contributed by atoms with Crippen molar-refractivity contribution < 1.29 is 5.11 Å². The number of hydrogen-bond donors (Lipinski definition) is 3. The maximum absolute atomic E-state index is 11.6. The molecule has 0 fully saturated rings. The fraction of sp³-hybridized carbons (Fsp3) is 0. The predicted octanol–water partition coefficient (Wildman–Crippen LogP) is 2.44. The Kier molecular flexibility index (Phi) is 3.73. The molecular weight excluding hydrogens is 351 g/mol. The third-order valence-corrected chi connectivity index (χ3v) is 4.08. The van der Waals surface area contributed by atoms with Gasteiger partial charge in [0.25, 0.3) is 5.56 Å². The van der Waals surface area contributed by atoms with E-state index in [1.54, 1.807) is 12.1 Å². The molecule has 22 heavy (non-hydrogen) atoms. The lowest BCUT2D eigenvalue weighted by molar-refractivity contribution is 0.447. The highest BCUT2D eigenvalue weighted by Gasteiger charge is 2.09. The molecule has 10 heteroatoms. The molecule has 0 amide bonds. The first kappa shape index (κ1) is 14.8. The number of hydrogen-bond acceptors (Lipinski definition) is 6. The zero-order valence-electron chi connectivity index (χ0n) is 10.6. The van der Waals surface area contributed by atoms with E-state index < -0.39 is 17.1 Å². The van der Waals surface area contributed by atoms with E-state index in [9.17, 15) is 14.7 Å². The van der Waals surface area contributed by atoms with Crippen LogP contribution in [0.2, 0.25) is 10.0 Å². The second kappa shape index (κ2) is 5.56. The lowest BCUT2D eigenvalue weighted by Crippen LogP contribution is -2.24. The van der Waals surface area contributed by atoms with Crippen LogP contribution >= 0.6 is 34.5 Å². The average Bonchev–Trinajstić information content (AvgIpc) is 2.80. The van der Waals surface area contributed by atoms with E-state index >= 15 is 0 Å². The zero-order valence-corrected chi connectivity index (χ0v) is 12.9. The van der Waals surface area contributed by atoms with E-state index in [4.69, 9.17) is 23.2 Å². The number of thiazole rings is 1. The Labute approximate surface area is 135 Å². The molecule has 0 aliphatic carbocycles. The van der Waals surface area contributed by atoms with Crippen LogP contribution in [0.3, 0.4) is 0 Å². The normalized spacial score (nSPS) is 11.5. The van der Waals surface area contributed by atoms with Crippen LogP contribution in [0, 0.1) is 0 Å². The Hall–Kier alpha value is -2.16. The number of nitrogens with zero attached hydrogens (tertiary/aromatic N) is 2. The van der Waals surface area contributed by atoms with Crippen LogP contribution in [0.5, 0.6) is 5.88 Å². The highest BCUT2D eigenvalue weighted by molar-refractivity contribution is 7.22. The monoisotopic (exact) mass is 356 g/mol. The second-order valence-corrected chi connectivity index (χ2v) is 6.01. The molecule has 2 aromatic heterocycles. The Bertz CT molecular complexity index is 1020. The number of benzene rings is 1. The highest BCUT2D eigenvalue weighted by Crippen LogP contribution is 2.34. The largest absolute Gasteiger partial charge is 0.494 e. The minimum absolute atomic E-state index is 0.178. The van der Waals surface area contributed by atoms with Crippen LogP contribution in [0.25, 0.3) is 10.2 Å². The summed E-state index contributed by atoms with van der Waals surface area (Å²) in [5.41, 5.74) is -1.20. The third kappa shape index (κ3) is 2.76. The van der Waals surface area contributed by atoms with Crippen molar-refractivity contribution in [2.24, 2.45) is 4.99 Å². The van der Waals surface area contributed by atoms with Crippen molar-refractivity contribution in [3.05, 3.63) is 48.6 Å². The van der Waals surface area contributed by atoms with E-state index in [2.05, 4.69) is 15.0 Å². The van der Waals surface area contributed by atoms with Gasteiger partial charge in [-0.15, -0.1) is 0 Å². The van der Waals surface area contributed by atoms with Crippen molar-refractivity contribution in [2.45, 2.75) is 0 Å². The lowest BCUT2D eigenvalue weighted by atomic mass is 10.3. The standard InChI is InChI=1S/C12H6Cl2N4O3S/c13-4-1-6(14)8-7(2-4)22-12(16-8)15-3-5-9(19)17-11(21)18-10(5)20/h1-3H,(H3,17,18,19,20,21). The molecule has 0 spiro atoms. The van der Waals surface area contributed by atoms with Gasteiger partial charge in [-0.1, -0.05) is 34.5 Å². The summed E-state index contributed by atoms with van der Waals surface area (Å²) in [5.74, 6) is -0.570. The molecule has 3 aromatic rings. The van der Waals surface area contributed by atoms with Gasteiger partial charge >= 0.3 is 5.69 Å². The number of aliphatic imine (C=N–C) groups is 1. The van der Waals surface area contributed by atoms with Crippen LogP contribution in [-0.4, -0.2) is 26.3 Å². The fourth-order valence-corrected chi connectivity index (χ4v) is 3.26. The van der Waals surface area contributed by atoms with Crippen LogP contribution in [0.1, 0.15) is 5.56 Å². The number of nitrogens with one attached hydrogen (secondary N) is 2. The molecule has 0 radical (unpaired) electrons. The van der Waals surface area contributed by atoms with Crippen molar-refractivity contribution in [2.75, 3.05) is 0 Å². The third-order valence-electron chi connectivity index (χ3n) is 2.66. The summed E-state index contributed by atoms with van der Waals surface area (Å²) in [5, 5.41) is 10.7. The lowest BCUT2D eigenvalue weighted by Gasteiger charge is -1.94. The minimum Gasteiger partial charge on any atom is -0.494 e. The van der Waals surface area contributed by atoms with Gasteiger partial charge in [-0.3, -0.25) is 14.8 Å². The molecule has 0 unspecified atom stereocenters. The summed E-state index contributed by atoms with van der Waals surface area (Å²) in [7, 11) is 0. The van der Waals surface area contributed by atoms with Gasteiger partial charge in [0, 0.05) is 11.2 Å². The molecule has 7 nitrogen and oxygen atoms in total. The van der Waals surface area contributed by atoms with Crippen LogP contribution in [-0.2, 0) is 0 Å². The first-order valence-corrected chi connectivity index (χ1v) is 7.36. The minimum atomic E-state index is -0.805. The quantitative estimate of drug-likeness (QED) is 0.612. The molecule has 3 rings (SSSR count). The van der Waals surface area contributed by atoms with E-state index in [-0.39, 0.29) is 5.56 Å². The average molecular weight is 357 g/mol. The van der Waals surface area contributed by atoms with Gasteiger partial charge in [0.2, 0.25) is 11.0 Å². The number of aromatic amines is 2. The van der Waals surface area contributed by atoms with Gasteiger partial charge < -0.3 is 5.11 Å². The summed E-state index contributed by atoms with van der Waals surface area (Å²) in [6.07, 6.45) is 1.11. The molecule has 2 heterocycles. The Morgan fingerprint density at radius 2 is 2.05 bits per heavy atom. The van der Waals surface area contributed by atoms with Crippen molar-refractivity contribution in [3.8, 4) is 5.88 Å². The number of aromatic nitrogens is 3. The van der Waals surface area contributed by atoms with E-state index in [1.165, 1.54) is 11.3 Å². The number of aromatic hydroxyl groups is 1. The predicted molar refractivity (Wildman–Crippen MR) is 86.2 cm³/mol. The molecule has 3 N–H and O–H groups in total. The summed E-state index contributed by atoms with van der Waals surface area (Å²) in [6, 6.07) is 3.26. The van der Waals surface area contributed by atoms with Crippen molar-refractivity contribution in [1.29, 1.82) is 0 Å². The summed E-state index contributed by atoms with van der Waals surface area (Å²) in [6.45, 7) is 0. The topological polar surface area (TPSA) is 111 Å². The number of H-pyrrole nitrogens is 2. The van der Waals surface area contributed by atoms with Gasteiger partial charge in [-0.25, -0.2) is 14.8 Å². The Morgan fingerprint density at radius 3 is 2.77 bits per heavy atom. The van der Waals surface area contributed by atoms with Crippen molar-refractivity contribution in [1.82, 2.24) is 15.0 Å². The number of halogens is 2. The molecule has 0 saturated carbocycles. The maximum Gasteiger partial charge on any atom is 0.328 e. The maximum atomic E-state index is 11.6. The zero-order chi connectivity index (χ0) is 15.9. The second-order valence-electron chi connectivity index (χ2n) is 4.16. The van der Waals surface area contributed by atoms with Gasteiger partial charge in [-0.05, 0) is 12.1 Å². The molecule has 0 bridgehead atoms. The first-order chi connectivity index (χ1) is 10.4. The van der Waals surface area contributed by atoms with E-state index in [0.717, 1.165) is 10.9 Å². The van der Waals surface area contributed by atoms with Crippen LogP contribution < -0.4 is 11.2 Å². The van der Waals surface area contributed by atoms with Crippen molar-refractivity contribution >= 4 is 56.1 Å². The SMILES string of the molecule is O=c1[nH]c(O)c(C=Nc2nc3c(Cl)cc(Cl)cc3s2)c(=O)[nH]1. The summed E-state index contributed by atoms with van der Waals surface area (Å²) < 4.78 is 0.740. The number of fused-ring (bicyclic) bond motifs is 1. The summed E-state index contributed by atoms with van der Waals surface area (Å²) in [4.78, 5) is 34.8. The van der Waals surface area contributed by atoms with E-state index in [0.29, 0.717) is 20.7 Å². The molecule has 0 saturated heterocycles. The van der Waals surface area contributed by atoms with Crippen LogP contribution in [0.15, 0.2) is 26.7 Å². The smallest absolute Gasteiger partial charge is 0.328 e. The molecule has 0 aliphatic rings. The van der Waals surface area contributed by atoms with Crippen LogP contribution in [0.4, 0.5) is 5.13 Å². The Morgan fingerprint density at radius 1 is 1.27 bits per heavy atom. The molecule has 0 atom stereocenters. The summed E-state index contributed by atoms with van der Waals surface area (Å²) >= 11 is 13.2. The van der Waals surface area contributed by atoms with Gasteiger partial charge in [0.1, 0.15) is 11.1 Å². The van der Waals surface area contributed by atoms with Gasteiger partial charge in [0.15, 0.2) is 0 Å². The first-order valence-electron chi connectivity index (χ1n) is 5.79. The Balaban J connectivity index is 2.05. The number of rotatable bonds is 2. The molecule has 112 valence electrons. The van der Waals surface area contributed by atoms with E-state index in [1.807, 2.05) is 4.98 Å². The molecular formula is C12H6Cl2N4O3S.